The summed E-state index contributed by atoms with van der Waals surface area (Å²) in [6.45, 7) is 6.43. The maximum Gasteiger partial charge on any atom is 0.344 e. The lowest BCUT2D eigenvalue weighted by Gasteiger charge is -2.32. The van der Waals surface area contributed by atoms with E-state index in [4.69, 9.17) is 9.47 Å². The topological polar surface area (TPSA) is 55.8 Å². The lowest BCUT2D eigenvalue weighted by Crippen LogP contribution is -2.32. The fourth-order valence-corrected chi connectivity index (χ4v) is 3.92. The molecule has 0 bridgehead atoms. The molecule has 1 N–H and O–H groups in total. The van der Waals surface area contributed by atoms with Crippen molar-refractivity contribution >= 4 is 5.97 Å². The molecule has 164 valence electrons. The number of rotatable bonds is 14. The van der Waals surface area contributed by atoms with Gasteiger partial charge in [0.15, 0.2) is 6.10 Å². The maximum atomic E-state index is 11.6. The molecule has 0 saturated carbocycles. The molecule has 2 rings (SSSR count). The Labute approximate surface area is 177 Å². The molecule has 1 unspecified atom stereocenters. The molecule has 0 aliphatic carbocycles. The van der Waals surface area contributed by atoms with E-state index in [1.807, 2.05) is 18.2 Å². The molecule has 0 aromatic heterocycles. The Kier molecular flexibility index (Phi) is 9.83. The van der Waals surface area contributed by atoms with Crippen LogP contribution in [0.4, 0.5) is 0 Å². The van der Waals surface area contributed by atoms with Crippen molar-refractivity contribution in [1.29, 1.82) is 0 Å². The fraction of sp³-hybridized carbons (Fsp3) is 0.720. The largest absolute Gasteiger partial charge is 0.488 e. The van der Waals surface area contributed by atoms with Crippen LogP contribution < -0.4 is 9.47 Å². The summed E-state index contributed by atoms with van der Waals surface area (Å²) in [5, 5.41) is 9.54. The Morgan fingerprint density at radius 3 is 2.31 bits per heavy atom. The molecule has 0 amide bonds. The standard InChI is InChI=1S/C25H40O4/c1-4-5-6-7-8-9-10-11-12-13-14-23(24(26)27)28-21-15-16-22-20(19-21)17-18-25(2,3)29-22/h15-16,19,23H,4-14,17-18H2,1-3H3,(H,26,27). The van der Waals surface area contributed by atoms with Crippen molar-refractivity contribution in [2.24, 2.45) is 0 Å². The van der Waals surface area contributed by atoms with Crippen LogP contribution in [0.2, 0.25) is 0 Å². The fourth-order valence-electron chi connectivity index (χ4n) is 3.92. The molecule has 1 aromatic carbocycles. The number of hydrogen-bond donors (Lipinski definition) is 1. The van der Waals surface area contributed by atoms with Crippen molar-refractivity contribution < 1.29 is 19.4 Å². The van der Waals surface area contributed by atoms with E-state index in [1.165, 1.54) is 51.4 Å². The third-order valence-corrected chi connectivity index (χ3v) is 5.79. The molecule has 1 atom stereocenters. The van der Waals surface area contributed by atoms with Crippen LogP contribution in [0.25, 0.3) is 0 Å². The van der Waals surface area contributed by atoms with Crippen LogP contribution in [0.15, 0.2) is 18.2 Å². The number of carbonyl (C=O) groups is 1. The second kappa shape index (κ2) is 12.1. The van der Waals surface area contributed by atoms with Gasteiger partial charge in [0, 0.05) is 0 Å². The number of hydrogen-bond acceptors (Lipinski definition) is 3. The van der Waals surface area contributed by atoms with Gasteiger partial charge in [-0.2, -0.15) is 0 Å². The second-order valence-corrected chi connectivity index (χ2v) is 9.05. The minimum Gasteiger partial charge on any atom is -0.488 e. The van der Waals surface area contributed by atoms with E-state index in [2.05, 4.69) is 20.8 Å². The maximum absolute atomic E-state index is 11.6. The molecule has 4 nitrogen and oxygen atoms in total. The molecule has 0 saturated heterocycles. The molecule has 1 heterocycles. The summed E-state index contributed by atoms with van der Waals surface area (Å²) in [5.74, 6) is 0.637. The Morgan fingerprint density at radius 1 is 1.07 bits per heavy atom. The van der Waals surface area contributed by atoms with Crippen LogP contribution in [-0.4, -0.2) is 22.8 Å². The Balaban J connectivity index is 1.69. The minimum absolute atomic E-state index is 0.144. The molecule has 1 aliphatic heterocycles. The number of ether oxygens (including phenoxy) is 2. The molecule has 29 heavy (non-hydrogen) atoms. The van der Waals surface area contributed by atoms with Crippen molar-refractivity contribution in [1.82, 2.24) is 0 Å². The third kappa shape index (κ3) is 8.67. The van der Waals surface area contributed by atoms with Crippen LogP contribution in [-0.2, 0) is 11.2 Å². The summed E-state index contributed by atoms with van der Waals surface area (Å²) >= 11 is 0. The van der Waals surface area contributed by atoms with Gasteiger partial charge in [0.05, 0.1) is 0 Å². The predicted molar refractivity (Wildman–Crippen MR) is 118 cm³/mol. The average molecular weight is 405 g/mol. The number of carboxylic acids is 1. The first-order valence-electron chi connectivity index (χ1n) is 11.6. The molecule has 4 heteroatoms. The molecular weight excluding hydrogens is 364 g/mol. The van der Waals surface area contributed by atoms with Crippen LogP contribution >= 0.6 is 0 Å². The average Bonchev–Trinajstić information content (AvgIpc) is 2.68. The zero-order valence-corrected chi connectivity index (χ0v) is 18.7. The van der Waals surface area contributed by atoms with Crippen LogP contribution in [0.5, 0.6) is 11.5 Å². The summed E-state index contributed by atoms with van der Waals surface area (Å²) < 4.78 is 11.8. The number of carboxylic acid groups (broad SMARTS) is 1. The number of aliphatic carboxylic acids is 1. The second-order valence-electron chi connectivity index (χ2n) is 9.05. The highest BCUT2D eigenvalue weighted by atomic mass is 16.5. The molecular formula is C25H40O4. The predicted octanol–water partition coefficient (Wildman–Crippen LogP) is 6.93. The third-order valence-electron chi connectivity index (χ3n) is 5.79. The van der Waals surface area contributed by atoms with Gasteiger partial charge >= 0.3 is 5.97 Å². The Bertz CT molecular complexity index is 623. The lowest BCUT2D eigenvalue weighted by atomic mass is 9.94. The highest BCUT2D eigenvalue weighted by molar-refractivity contribution is 5.72. The Morgan fingerprint density at radius 2 is 1.69 bits per heavy atom. The molecule has 0 fully saturated rings. The Hall–Kier alpha value is -1.71. The van der Waals surface area contributed by atoms with Crippen LogP contribution in [0.1, 0.15) is 103 Å². The van der Waals surface area contributed by atoms with Gasteiger partial charge in [-0.15, -0.1) is 0 Å². The smallest absolute Gasteiger partial charge is 0.344 e. The van der Waals surface area contributed by atoms with Gasteiger partial charge < -0.3 is 14.6 Å². The molecule has 1 aromatic rings. The zero-order valence-electron chi connectivity index (χ0n) is 18.7. The number of fused-ring (bicyclic) bond motifs is 1. The van der Waals surface area contributed by atoms with E-state index < -0.39 is 12.1 Å². The van der Waals surface area contributed by atoms with Crippen LogP contribution in [0.3, 0.4) is 0 Å². The van der Waals surface area contributed by atoms with E-state index in [-0.39, 0.29) is 5.60 Å². The van der Waals surface area contributed by atoms with Gasteiger partial charge in [0.2, 0.25) is 0 Å². The SMILES string of the molecule is CCCCCCCCCCCCC(Oc1ccc2c(c1)CCC(C)(C)O2)C(=O)O. The summed E-state index contributed by atoms with van der Waals surface area (Å²) in [5.41, 5.74) is 0.957. The first kappa shape index (κ1) is 23.6. The van der Waals surface area contributed by atoms with E-state index in [1.54, 1.807) is 0 Å². The van der Waals surface area contributed by atoms with Gasteiger partial charge in [-0.05, 0) is 63.3 Å². The monoisotopic (exact) mass is 404 g/mol. The van der Waals surface area contributed by atoms with Gasteiger partial charge in [-0.3, -0.25) is 0 Å². The van der Waals surface area contributed by atoms with Crippen molar-refractivity contribution in [3.05, 3.63) is 23.8 Å². The van der Waals surface area contributed by atoms with Gasteiger partial charge in [-0.25, -0.2) is 4.79 Å². The quantitative estimate of drug-likeness (QED) is 0.341. The lowest BCUT2D eigenvalue weighted by molar-refractivity contribution is -0.145. The minimum atomic E-state index is -0.879. The molecule has 0 spiro atoms. The van der Waals surface area contributed by atoms with E-state index in [9.17, 15) is 9.90 Å². The van der Waals surface area contributed by atoms with Gasteiger partial charge in [-0.1, -0.05) is 64.7 Å². The summed E-state index contributed by atoms with van der Waals surface area (Å²) in [4.78, 5) is 11.6. The van der Waals surface area contributed by atoms with Crippen LogP contribution in [0, 0.1) is 0 Å². The van der Waals surface area contributed by atoms with Crippen molar-refractivity contribution in [2.75, 3.05) is 0 Å². The summed E-state index contributed by atoms with van der Waals surface area (Å²) in [6.07, 6.45) is 14.1. The van der Waals surface area contributed by atoms with Gasteiger partial charge in [0.1, 0.15) is 17.1 Å². The van der Waals surface area contributed by atoms with E-state index in [0.717, 1.165) is 37.0 Å². The van der Waals surface area contributed by atoms with Crippen molar-refractivity contribution in [3.63, 3.8) is 0 Å². The summed E-state index contributed by atoms with van der Waals surface area (Å²) in [6, 6.07) is 5.68. The highest BCUT2D eigenvalue weighted by Crippen LogP contribution is 2.35. The summed E-state index contributed by atoms with van der Waals surface area (Å²) in [7, 11) is 0. The van der Waals surface area contributed by atoms with Crippen molar-refractivity contribution in [3.8, 4) is 11.5 Å². The zero-order chi connectivity index (χ0) is 21.1. The number of benzene rings is 1. The number of unbranched alkanes of at least 4 members (excludes halogenated alkanes) is 9. The van der Waals surface area contributed by atoms with E-state index >= 15 is 0 Å². The number of aryl methyl sites for hydroxylation is 1. The van der Waals surface area contributed by atoms with Crippen molar-refractivity contribution in [2.45, 2.75) is 116 Å². The molecule has 1 aliphatic rings. The normalized spacial score (nSPS) is 16.0. The van der Waals surface area contributed by atoms with Gasteiger partial charge in [0.25, 0.3) is 0 Å². The molecule has 0 radical (unpaired) electrons. The van der Waals surface area contributed by atoms with E-state index in [0.29, 0.717) is 12.2 Å². The first-order chi connectivity index (χ1) is 13.9. The highest BCUT2D eigenvalue weighted by Gasteiger charge is 2.27. The first-order valence-corrected chi connectivity index (χ1v) is 11.6.